The van der Waals surface area contributed by atoms with Crippen molar-refractivity contribution in [2.75, 3.05) is 19.1 Å². The van der Waals surface area contributed by atoms with Gasteiger partial charge >= 0.3 is 5.97 Å². The molecule has 0 N–H and O–H groups in total. The number of anilines is 1. The van der Waals surface area contributed by atoms with Gasteiger partial charge in [-0.15, -0.1) is 0 Å². The molecule has 174 valence electrons. The molecule has 3 atom stereocenters. The van der Waals surface area contributed by atoms with Crippen molar-refractivity contribution in [1.29, 1.82) is 0 Å². The lowest BCUT2D eigenvalue weighted by Crippen LogP contribution is -2.48. The molecule has 1 spiro atoms. The Hall–Kier alpha value is -4.19. The Morgan fingerprint density at radius 1 is 0.886 bits per heavy atom. The molecule has 0 radical (unpaired) electrons. The second kappa shape index (κ2) is 7.67. The van der Waals surface area contributed by atoms with E-state index in [0.29, 0.717) is 22.4 Å². The molecule has 1 aliphatic carbocycles. The third kappa shape index (κ3) is 2.68. The lowest BCUT2D eigenvalue weighted by atomic mass is 9.64. The zero-order valence-corrected chi connectivity index (χ0v) is 19.3. The van der Waals surface area contributed by atoms with E-state index in [1.165, 1.54) is 7.11 Å². The van der Waals surface area contributed by atoms with Crippen LogP contribution in [0.3, 0.4) is 0 Å². The molecule has 0 bridgehead atoms. The number of methoxy groups -OCH3 is 2. The summed E-state index contributed by atoms with van der Waals surface area (Å²) in [6, 6.07) is 20.3. The maximum Gasteiger partial charge on any atom is 0.329 e. The fraction of sp³-hybridized carbons (Fsp3) is 0.207. The molecule has 1 fully saturated rings. The average Bonchev–Trinajstić information content (AvgIpc) is 3.35. The summed E-state index contributed by atoms with van der Waals surface area (Å²) in [5, 5.41) is 0. The predicted molar refractivity (Wildman–Crippen MR) is 131 cm³/mol. The molecule has 0 unspecified atom stereocenters. The second-order valence-electron chi connectivity index (χ2n) is 9.07. The number of esters is 1. The molecule has 3 aromatic rings. The number of fused-ring (bicyclic) bond motifs is 5. The molecule has 0 aromatic heterocycles. The van der Waals surface area contributed by atoms with Gasteiger partial charge in [-0.1, -0.05) is 66.7 Å². The number of hydrogen-bond acceptors (Lipinski definition) is 6. The van der Waals surface area contributed by atoms with E-state index < -0.39 is 29.4 Å². The van der Waals surface area contributed by atoms with Gasteiger partial charge < -0.3 is 14.4 Å². The Balaban J connectivity index is 1.69. The van der Waals surface area contributed by atoms with Crippen LogP contribution >= 0.6 is 0 Å². The van der Waals surface area contributed by atoms with E-state index in [4.69, 9.17) is 9.47 Å². The molecule has 3 aromatic carbocycles. The summed E-state index contributed by atoms with van der Waals surface area (Å²) < 4.78 is 10.8. The van der Waals surface area contributed by atoms with Crippen molar-refractivity contribution in [2.45, 2.75) is 18.0 Å². The molecular weight excluding hydrogens is 442 g/mol. The van der Waals surface area contributed by atoms with Crippen molar-refractivity contribution in [3.05, 3.63) is 101 Å². The number of ketones is 2. The molecule has 0 amide bonds. The minimum Gasteiger partial charge on any atom is -0.497 e. The number of benzene rings is 3. The van der Waals surface area contributed by atoms with Crippen molar-refractivity contribution in [3.8, 4) is 5.75 Å². The summed E-state index contributed by atoms with van der Waals surface area (Å²) in [7, 11) is 2.90. The fourth-order valence-electron chi connectivity index (χ4n) is 6.22. The van der Waals surface area contributed by atoms with Crippen LogP contribution in [-0.2, 0) is 9.53 Å². The summed E-state index contributed by atoms with van der Waals surface area (Å²) in [5.74, 6) is -1.25. The first-order valence-corrected chi connectivity index (χ1v) is 11.5. The van der Waals surface area contributed by atoms with E-state index in [-0.39, 0.29) is 11.6 Å². The topological polar surface area (TPSA) is 72.9 Å². The third-order valence-electron chi connectivity index (χ3n) is 7.61. The van der Waals surface area contributed by atoms with Crippen LogP contribution in [0.4, 0.5) is 5.69 Å². The van der Waals surface area contributed by atoms with Gasteiger partial charge in [-0.25, -0.2) is 4.79 Å². The summed E-state index contributed by atoms with van der Waals surface area (Å²) in [5.41, 5.74) is 1.63. The van der Waals surface area contributed by atoms with Crippen molar-refractivity contribution in [2.24, 2.45) is 5.41 Å². The number of Topliss-reactive ketones (excluding diaryl/α,β-unsaturated/α-hetero) is 2. The van der Waals surface area contributed by atoms with E-state index in [1.54, 1.807) is 43.5 Å². The van der Waals surface area contributed by atoms with Crippen LogP contribution in [0.5, 0.6) is 5.75 Å². The maximum absolute atomic E-state index is 14.3. The maximum atomic E-state index is 14.3. The van der Waals surface area contributed by atoms with E-state index >= 15 is 0 Å². The van der Waals surface area contributed by atoms with E-state index in [9.17, 15) is 14.4 Å². The Morgan fingerprint density at radius 3 is 2.26 bits per heavy atom. The first-order valence-electron chi connectivity index (χ1n) is 11.5. The summed E-state index contributed by atoms with van der Waals surface area (Å²) in [6.07, 6.45) is 3.82. The van der Waals surface area contributed by atoms with Gasteiger partial charge in [-0.3, -0.25) is 9.59 Å². The summed E-state index contributed by atoms with van der Waals surface area (Å²) in [6.45, 7) is 0. The number of nitrogens with zero attached hydrogens (tertiary/aromatic N) is 1. The lowest BCUT2D eigenvalue weighted by molar-refractivity contribution is -0.142. The van der Waals surface area contributed by atoms with Crippen molar-refractivity contribution in [1.82, 2.24) is 0 Å². The molecule has 6 nitrogen and oxygen atoms in total. The van der Waals surface area contributed by atoms with Crippen LogP contribution in [-0.4, -0.2) is 43.8 Å². The van der Waals surface area contributed by atoms with Crippen LogP contribution < -0.4 is 9.64 Å². The highest BCUT2D eigenvalue weighted by atomic mass is 16.5. The molecule has 0 saturated carbocycles. The Kier molecular flexibility index (Phi) is 4.68. The molecule has 1 saturated heterocycles. The van der Waals surface area contributed by atoms with Gasteiger partial charge in [-0.05, 0) is 29.3 Å². The minimum atomic E-state index is -1.53. The van der Waals surface area contributed by atoms with Gasteiger partial charge in [0.15, 0.2) is 11.6 Å². The highest BCUT2D eigenvalue weighted by Gasteiger charge is 2.71. The predicted octanol–water partition coefficient (Wildman–Crippen LogP) is 4.30. The number of carbonyl (C=O) groups excluding carboxylic acids is 3. The first kappa shape index (κ1) is 21.4. The van der Waals surface area contributed by atoms with Crippen molar-refractivity contribution >= 4 is 29.3 Å². The van der Waals surface area contributed by atoms with Gasteiger partial charge in [0.2, 0.25) is 0 Å². The highest BCUT2D eigenvalue weighted by Crippen LogP contribution is 2.60. The standard InChI is InChI=1S/C29H23NO5/c1-34-19-10-7-9-18(16-19)24-25(28(33)35-2)30-22-13-6-3-8-17(22)14-15-23(30)29(24)26(31)20-11-4-5-12-21(20)27(29)32/h3-16,23-25H,1-2H3/t23-,24-,25-/m1/s1. The van der Waals surface area contributed by atoms with Crippen LogP contribution in [0.1, 0.15) is 37.8 Å². The molecular formula is C29H23NO5. The number of ether oxygens (including phenoxy) is 2. The average molecular weight is 466 g/mol. The Labute approximate surface area is 202 Å². The summed E-state index contributed by atoms with van der Waals surface area (Å²) >= 11 is 0. The number of hydrogen-bond donors (Lipinski definition) is 0. The molecule has 2 heterocycles. The van der Waals surface area contributed by atoms with Gasteiger partial charge in [0.05, 0.1) is 20.3 Å². The molecule has 3 aliphatic rings. The third-order valence-corrected chi connectivity index (χ3v) is 7.61. The van der Waals surface area contributed by atoms with Crippen molar-refractivity contribution in [3.63, 3.8) is 0 Å². The quantitative estimate of drug-likeness (QED) is 0.424. The normalized spacial score (nSPS) is 23.1. The number of rotatable bonds is 3. The first-order chi connectivity index (χ1) is 17.0. The molecule has 2 aliphatic heterocycles. The van der Waals surface area contributed by atoms with Gasteiger partial charge in [0, 0.05) is 22.7 Å². The minimum absolute atomic E-state index is 0.267. The molecule has 6 heteroatoms. The van der Waals surface area contributed by atoms with Crippen LogP contribution in [0, 0.1) is 5.41 Å². The zero-order chi connectivity index (χ0) is 24.3. The molecule has 35 heavy (non-hydrogen) atoms. The van der Waals surface area contributed by atoms with Gasteiger partial charge in [-0.2, -0.15) is 0 Å². The van der Waals surface area contributed by atoms with Gasteiger partial charge in [0.25, 0.3) is 0 Å². The smallest absolute Gasteiger partial charge is 0.329 e. The monoisotopic (exact) mass is 465 g/mol. The second-order valence-corrected chi connectivity index (χ2v) is 9.07. The van der Waals surface area contributed by atoms with E-state index in [2.05, 4.69) is 0 Å². The van der Waals surface area contributed by atoms with Gasteiger partial charge in [0.1, 0.15) is 17.2 Å². The Bertz CT molecular complexity index is 1390. The number of para-hydroxylation sites is 1. The van der Waals surface area contributed by atoms with E-state index in [1.807, 2.05) is 53.5 Å². The molecule has 6 rings (SSSR count). The van der Waals surface area contributed by atoms with Crippen LogP contribution in [0.2, 0.25) is 0 Å². The fourth-order valence-corrected chi connectivity index (χ4v) is 6.22. The lowest BCUT2D eigenvalue weighted by Gasteiger charge is -2.36. The SMILES string of the molecule is COC(=O)[C@H]1[C@@H](c2cccc(OC)c2)C2(C(=O)c3ccccc3C2=O)[C@H]2C=Cc3ccccc3N12. The largest absolute Gasteiger partial charge is 0.497 e. The van der Waals surface area contributed by atoms with Crippen molar-refractivity contribution < 1.29 is 23.9 Å². The van der Waals surface area contributed by atoms with Crippen LogP contribution in [0.15, 0.2) is 78.9 Å². The highest BCUT2D eigenvalue weighted by molar-refractivity contribution is 6.32. The van der Waals surface area contributed by atoms with E-state index in [0.717, 1.165) is 11.3 Å². The number of carbonyl (C=O) groups is 3. The Morgan fingerprint density at radius 2 is 1.57 bits per heavy atom. The summed E-state index contributed by atoms with van der Waals surface area (Å²) in [4.78, 5) is 44.1. The van der Waals surface area contributed by atoms with Crippen LogP contribution in [0.25, 0.3) is 6.08 Å². The zero-order valence-electron chi connectivity index (χ0n) is 19.3.